The van der Waals surface area contributed by atoms with Crippen molar-refractivity contribution < 1.29 is 9.59 Å². The maximum atomic E-state index is 13.3. The van der Waals surface area contributed by atoms with Gasteiger partial charge in [-0.2, -0.15) is 0 Å². The van der Waals surface area contributed by atoms with Crippen molar-refractivity contribution in [3.63, 3.8) is 0 Å². The van der Waals surface area contributed by atoms with E-state index in [0.717, 1.165) is 56.4 Å². The molecule has 1 aromatic carbocycles. The minimum Gasteiger partial charge on any atom is -0.354 e. The van der Waals surface area contributed by atoms with E-state index in [9.17, 15) is 9.59 Å². The number of nitrogens with one attached hydrogen (secondary N) is 2. The van der Waals surface area contributed by atoms with Crippen LogP contribution in [0.4, 0.5) is 0 Å². The lowest BCUT2D eigenvalue weighted by atomic mass is 9.80. The Hall–Kier alpha value is -1.88. The van der Waals surface area contributed by atoms with E-state index in [1.165, 1.54) is 0 Å². The van der Waals surface area contributed by atoms with E-state index in [-0.39, 0.29) is 17.9 Å². The molecular weight excluding hydrogens is 338 g/mol. The first-order chi connectivity index (χ1) is 12.9. The molecule has 2 unspecified atom stereocenters. The standard InChI is InChI=1S/C22H33N3O2/c1-16-8-4-5-10-18(16)22(2,3)21(27)25-13-7-9-17(15-25)14-24-20(26)19-11-6-12-23-19/h4-5,8,10,17,19,23H,6-7,9,11-15H2,1-3H3,(H,24,26). The number of carbonyl (C=O) groups excluding carboxylic acids is 2. The predicted molar refractivity (Wildman–Crippen MR) is 108 cm³/mol. The first-order valence-corrected chi connectivity index (χ1v) is 10.3. The minimum atomic E-state index is -0.537. The van der Waals surface area contributed by atoms with Crippen molar-refractivity contribution in [3.8, 4) is 0 Å². The third-order valence-corrected chi connectivity index (χ3v) is 6.10. The third kappa shape index (κ3) is 4.52. The second-order valence-electron chi connectivity index (χ2n) is 8.59. The molecule has 2 N–H and O–H groups in total. The predicted octanol–water partition coefficient (Wildman–Crippen LogP) is 2.38. The Morgan fingerprint density at radius 2 is 2.00 bits per heavy atom. The lowest BCUT2D eigenvalue weighted by Gasteiger charge is -2.38. The molecule has 3 rings (SSSR count). The van der Waals surface area contributed by atoms with Crippen LogP contribution in [0, 0.1) is 12.8 Å². The largest absolute Gasteiger partial charge is 0.354 e. The van der Waals surface area contributed by atoms with Crippen LogP contribution in [0.3, 0.4) is 0 Å². The summed E-state index contributed by atoms with van der Waals surface area (Å²) >= 11 is 0. The summed E-state index contributed by atoms with van der Waals surface area (Å²) < 4.78 is 0. The molecule has 27 heavy (non-hydrogen) atoms. The van der Waals surface area contributed by atoms with Gasteiger partial charge in [0.1, 0.15) is 0 Å². The molecule has 5 nitrogen and oxygen atoms in total. The molecule has 148 valence electrons. The average molecular weight is 372 g/mol. The van der Waals surface area contributed by atoms with Crippen molar-refractivity contribution in [2.45, 2.75) is 57.9 Å². The normalized spacial score (nSPS) is 23.3. The van der Waals surface area contributed by atoms with Gasteiger partial charge < -0.3 is 15.5 Å². The number of piperidine rings is 1. The van der Waals surface area contributed by atoms with E-state index < -0.39 is 5.41 Å². The van der Waals surface area contributed by atoms with Crippen LogP contribution in [0.2, 0.25) is 0 Å². The summed E-state index contributed by atoms with van der Waals surface area (Å²) in [4.78, 5) is 27.5. The van der Waals surface area contributed by atoms with Crippen molar-refractivity contribution >= 4 is 11.8 Å². The summed E-state index contributed by atoms with van der Waals surface area (Å²) in [5.74, 6) is 0.627. The number of amides is 2. The Bertz CT molecular complexity index is 680. The van der Waals surface area contributed by atoms with Crippen LogP contribution in [0.25, 0.3) is 0 Å². The second kappa shape index (κ2) is 8.42. The molecule has 0 aromatic heterocycles. The number of aryl methyl sites for hydroxylation is 1. The first kappa shape index (κ1) is 19.9. The highest BCUT2D eigenvalue weighted by Crippen LogP contribution is 2.30. The van der Waals surface area contributed by atoms with E-state index >= 15 is 0 Å². The molecule has 2 fully saturated rings. The van der Waals surface area contributed by atoms with Crippen LogP contribution in [-0.2, 0) is 15.0 Å². The van der Waals surface area contributed by atoms with Crippen LogP contribution >= 0.6 is 0 Å². The summed E-state index contributed by atoms with van der Waals surface area (Å²) in [5.41, 5.74) is 1.71. The summed E-state index contributed by atoms with van der Waals surface area (Å²) in [6.07, 6.45) is 4.05. The van der Waals surface area contributed by atoms with Gasteiger partial charge in [-0.05, 0) is 70.0 Å². The van der Waals surface area contributed by atoms with E-state index in [1.807, 2.05) is 30.9 Å². The van der Waals surface area contributed by atoms with Gasteiger partial charge in [-0.1, -0.05) is 24.3 Å². The number of carbonyl (C=O) groups is 2. The van der Waals surface area contributed by atoms with Gasteiger partial charge in [0.2, 0.25) is 11.8 Å². The highest BCUT2D eigenvalue weighted by molar-refractivity contribution is 5.88. The van der Waals surface area contributed by atoms with Crippen LogP contribution in [0.1, 0.15) is 50.7 Å². The molecule has 5 heteroatoms. The number of hydrogen-bond acceptors (Lipinski definition) is 3. The van der Waals surface area contributed by atoms with E-state index in [1.54, 1.807) is 0 Å². The highest BCUT2D eigenvalue weighted by atomic mass is 16.2. The maximum Gasteiger partial charge on any atom is 0.237 e. The zero-order valence-electron chi connectivity index (χ0n) is 16.9. The van der Waals surface area contributed by atoms with Gasteiger partial charge >= 0.3 is 0 Å². The lowest BCUT2D eigenvalue weighted by Crippen LogP contribution is -2.50. The van der Waals surface area contributed by atoms with Crippen molar-refractivity contribution in [1.29, 1.82) is 0 Å². The second-order valence-corrected chi connectivity index (χ2v) is 8.59. The van der Waals surface area contributed by atoms with Gasteiger partial charge in [0.15, 0.2) is 0 Å². The maximum absolute atomic E-state index is 13.3. The fraction of sp³-hybridized carbons (Fsp3) is 0.636. The van der Waals surface area contributed by atoms with Gasteiger partial charge in [0, 0.05) is 19.6 Å². The fourth-order valence-electron chi connectivity index (χ4n) is 4.48. The molecule has 0 spiro atoms. The average Bonchev–Trinajstić information content (AvgIpc) is 3.21. The summed E-state index contributed by atoms with van der Waals surface area (Å²) in [6.45, 7) is 9.23. The number of benzene rings is 1. The van der Waals surface area contributed by atoms with Gasteiger partial charge in [-0.15, -0.1) is 0 Å². The lowest BCUT2D eigenvalue weighted by molar-refractivity contribution is -0.138. The fourth-order valence-corrected chi connectivity index (χ4v) is 4.48. The Morgan fingerprint density at radius 1 is 1.22 bits per heavy atom. The van der Waals surface area contributed by atoms with Gasteiger partial charge in [0.05, 0.1) is 11.5 Å². The van der Waals surface area contributed by atoms with E-state index in [2.05, 4.69) is 29.7 Å². The minimum absolute atomic E-state index is 0.0358. The Labute approximate surface area is 162 Å². The van der Waals surface area contributed by atoms with Crippen LogP contribution < -0.4 is 10.6 Å². The van der Waals surface area contributed by atoms with Crippen molar-refractivity contribution in [1.82, 2.24) is 15.5 Å². The third-order valence-electron chi connectivity index (χ3n) is 6.10. The summed E-state index contributed by atoms with van der Waals surface area (Å²) in [7, 11) is 0. The molecule has 0 saturated carbocycles. The SMILES string of the molecule is Cc1ccccc1C(C)(C)C(=O)N1CCCC(CNC(=O)C2CCCN2)C1. The Kier molecular flexibility index (Phi) is 6.20. The number of likely N-dealkylation sites (tertiary alicyclic amines) is 1. The van der Waals surface area contributed by atoms with Gasteiger partial charge in [-0.25, -0.2) is 0 Å². The van der Waals surface area contributed by atoms with Gasteiger partial charge in [0.25, 0.3) is 0 Å². The molecule has 2 aliphatic rings. The molecule has 2 atom stereocenters. The van der Waals surface area contributed by atoms with Crippen molar-refractivity contribution in [2.75, 3.05) is 26.2 Å². The number of rotatable bonds is 5. The molecule has 2 amide bonds. The van der Waals surface area contributed by atoms with Crippen LogP contribution in [0.5, 0.6) is 0 Å². The quantitative estimate of drug-likeness (QED) is 0.835. The zero-order chi connectivity index (χ0) is 19.4. The summed E-state index contributed by atoms with van der Waals surface area (Å²) in [5, 5.41) is 6.33. The van der Waals surface area contributed by atoms with Crippen molar-refractivity contribution in [2.24, 2.45) is 5.92 Å². The van der Waals surface area contributed by atoms with Crippen molar-refractivity contribution in [3.05, 3.63) is 35.4 Å². The van der Waals surface area contributed by atoms with Gasteiger partial charge in [-0.3, -0.25) is 9.59 Å². The van der Waals surface area contributed by atoms with E-state index in [4.69, 9.17) is 0 Å². The molecule has 0 radical (unpaired) electrons. The molecule has 0 bridgehead atoms. The first-order valence-electron chi connectivity index (χ1n) is 10.3. The smallest absolute Gasteiger partial charge is 0.237 e. The Morgan fingerprint density at radius 3 is 2.70 bits per heavy atom. The molecular formula is C22H33N3O2. The molecule has 1 aromatic rings. The zero-order valence-corrected chi connectivity index (χ0v) is 16.9. The summed E-state index contributed by atoms with van der Waals surface area (Å²) in [6, 6.07) is 8.10. The molecule has 2 heterocycles. The Balaban J connectivity index is 1.59. The topological polar surface area (TPSA) is 61.4 Å². The van der Waals surface area contributed by atoms with E-state index in [0.29, 0.717) is 12.5 Å². The number of nitrogens with zero attached hydrogens (tertiary/aromatic N) is 1. The highest BCUT2D eigenvalue weighted by Gasteiger charge is 2.36. The number of hydrogen-bond donors (Lipinski definition) is 2. The molecule has 2 aliphatic heterocycles. The molecule has 2 saturated heterocycles. The monoisotopic (exact) mass is 371 g/mol. The van der Waals surface area contributed by atoms with Crippen LogP contribution in [-0.4, -0.2) is 48.9 Å². The molecule has 0 aliphatic carbocycles. The van der Waals surface area contributed by atoms with Crippen LogP contribution in [0.15, 0.2) is 24.3 Å².